The van der Waals surface area contributed by atoms with E-state index in [1.165, 1.54) is 0 Å². The molecule has 2 aliphatic rings. The molecule has 3 N–H and O–H groups in total. The Morgan fingerprint density at radius 2 is 1.48 bits per heavy atom. The Kier molecular flexibility index (Phi) is 11.3. The number of rotatable bonds is 16. The predicted molar refractivity (Wildman–Crippen MR) is 165 cm³/mol. The van der Waals surface area contributed by atoms with Crippen molar-refractivity contribution in [2.45, 2.75) is 97.0 Å². The molecule has 0 spiro atoms. The average Bonchev–Trinajstić information content (AvgIpc) is 3.33. The van der Waals surface area contributed by atoms with Crippen LogP contribution in [-0.2, 0) is 32.1 Å². The highest BCUT2D eigenvalue weighted by molar-refractivity contribution is 5.99. The fraction of sp³-hybridized carbons (Fsp3) is 0.606. The van der Waals surface area contributed by atoms with Gasteiger partial charge in [0.05, 0.1) is 19.2 Å². The summed E-state index contributed by atoms with van der Waals surface area (Å²) in [7, 11) is 0. The molecular formula is C33H47N5O6. The van der Waals surface area contributed by atoms with Crippen LogP contribution in [0.4, 0.5) is 0 Å². The number of carbonyl (C=O) groups is 4. The normalized spacial score (nSPS) is 20.2. The lowest BCUT2D eigenvalue weighted by molar-refractivity contribution is -0.133. The van der Waals surface area contributed by atoms with Gasteiger partial charge in [0, 0.05) is 12.5 Å². The Hall–Kier alpha value is -3.57. The van der Waals surface area contributed by atoms with Gasteiger partial charge in [0.15, 0.2) is 17.2 Å². The van der Waals surface area contributed by atoms with E-state index in [1.54, 1.807) is 13.0 Å². The van der Waals surface area contributed by atoms with Gasteiger partial charge in [-0.1, -0.05) is 63.2 Å². The number of ether oxygens (including phenoxy) is 1. The lowest BCUT2D eigenvalue weighted by Gasteiger charge is -2.27. The summed E-state index contributed by atoms with van der Waals surface area (Å²) in [4.78, 5) is 56.0. The highest BCUT2D eigenvalue weighted by Crippen LogP contribution is 2.29. The van der Waals surface area contributed by atoms with Crippen LogP contribution < -0.4 is 16.0 Å². The molecule has 4 atom stereocenters. The van der Waals surface area contributed by atoms with Crippen molar-refractivity contribution in [3.05, 3.63) is 53.4 Å². The number of likely N-dealkylation sites (tertiary alicyclic amines) is 1. The molecule has 240 valence electrons. The van der Waals surface area contributed by atoms with E-state index in [0.717, 1.165) is 31.5 Å². The molecule has 11 nitrogen and oxygen atoms in total. The summed E-state index contributed by atoms with van der Waals surface area (Å²) >= 11 is 0. The van der Waals surface area contributed by atoms with Crippen LogP contribution >= 0.6 is 0 Å². The van der Waals surface area contributed by atoms with E-state index >= 15 is 0 Å². The third kappa shape index (κ3) is 9.46. The van der Waals surface area contributed by atoms with E-state index in [4.69, 9.17) is 9.26 Å². The molecule has 0 radical (unpaired) electrons. The van der Waals surface area contributed by atoms with E-state index in [9.17, 15) is 19.2 Å². The number of aromatic nitrogens is 1. The summed E-state index contributed by atoms with van der Waals surface area (Å²) < 4.78 is 10.8. The van der Waals surface area contributed by atoms with Gasteiger partial charge in [-0.25, -0.2) is 0 Å². The number of hydrogen-bond acceptors (Lipinski definition) is 8. The lowest BCUT2D eigenvalue weighted by atomic mass is 9.93. The number of amides is 3. The first-order valence-electron chi connectivity index (χ1n) is 15.7. The van der Waals surface area contributed by atoms with Crippen LogP contribution in [0, 0.1) is 11.8 Å². The molecule has 0 aliphatic carbocycles. The predicted octanol–water partition coefficient (Wildman–Crippen LogP) is 3.03. The first-order chi connectivity index (χ1) is 20.9. The van der Waals surface area contributed by atoms with Crippen molar-refractivity contribution in [1.29, 1.82) is 0 Å². The molecule has 0 bridgehead atoms. The van der Waals surface area contributed by atoms with Crippen molar-refractivity contribution in [2.24, 2.45) is 11.8 Å². The standard InChI is InChI=1S/C33H47N5O6/c1-21(2)15-25(29(39)33(5)20-43-33)34-31(41)27(17-23-11-7-6-8-12-23)36-30(40)26(16-22(3)4)35-32(42)28-18-24(44-37-28)19-38-13-9-10-14-38/h6-8,11-12,18,21-22,25-27H,9-10,13-17,19-20H2,1-5H3,(H,34,41)(H,35,42)(H,36,40). The second-order valence-electron chi connectivity index (χ2n) is 13.1. The SMILES string of the molecule is CC(C)CC(NC(=O)c1cc(CN2CCCC2)on1)C(=O)NC(Cc1ccccc1)C(=O)NC(CC(C)C)C(=O)C1(C)CO1. The third-order valence-corrected chi connectivity index (χ3v) is 8.05. The number of ketones is 1. The quantitative estimate of drug-likeness (QED) is 0.246. The number of Topliss-reactive ketones (excluding diaryl/α,β-unsaturated/α-hetero) is 1. The molecule has 0 saturated carbocycles. The molecule has 2 saturated heterocycles. The van der Waals surface area contributed by atoms with Crippen LogP contribution in [0.3, 0.4) is 0 Å². The summed E-state index contributed by atoms with van der Waals surface area (Å²) in [6.07, 6.45) is 3.28. The first-order valence-corrected chi connectivity index (χ1v) is 15.7. The molecule has 2 aromatic rings. The molecule has 1 aromatic heterocycles. The summed E-state index contributed by atoms with van der Waals surface area (Å²) in [5.74, 6) is -0.846. The van der Waals surface area contributed by atoms with Crippen LogP contribution in [0.2, 0.25) is 0 Å². The maximum Gasteiger partial charge on any atom is 0.274 e. The molecule has 2 fully saturated rings. The van der Waals surface area contributed by atoms with Gasteiger partial charge in [0.2, 0.25) is 11.8 Å². The number of nitrogens with zero attached hydrogens (tertiary/aromatic N) is 2. The van der Waals surface area contributed by atoms with Gasteiger partial charge in [0.1, 0.15) is 17.7 Å². The summed E-state index contributed by atoms with van der Waals surface area (Å²) in [6, 6.07) is 8.31. The molecule has 4 rings (SSSR count). The summed E-state index contributed by atoms with van der Waals surface area (Å²) in [5, 5.41) is 12.5. The van der Waals surface area contributed by atoms with Gasteiger partial charge in [-0.3, -0.25) is 24.1 Å². The van der Waals surface area contributed by atoms with Crippen molar-refractivity contribution < 1.29 is 28.4 Å². The third-order valence-electron chi connectivity index (χ3n) is 8.05. The van der Waals surface area contributed by atoms with Gasteiger partial charge in [-0.2, -0.15) is 0 Å². The Morgan fingerprint density at radius 3 is 2.09 bits per heavy atom. The molecule has 3 amide bonds. The van der Waals surface area contributed by atoms with Gasteiger partial charge in [-0.15, -0.1) is 0 Å². The van der Waals surface area contributed by atoms with Crippen LogP contribution in [0.25, 0.3) is 0 Å². The van der Waals surface area contributed by atoms with Crippen molar-refractivity contribution in [1.82, 2.24) is 26.0 Å². The maximum absolute atomic E-state index is 13.7. The van der Waals surface area contributed by atoms with E-state index in [2.05, 4.69) is 26.0 Å². The van der Waals surface area contributed by atoms with Crippen LogP contribution in [-0.4, -0.2) is 77.0 Å². The van der Waals surface area contributed by atoms with Gasteiger partial charge >= 0.3 is 0 Å². The Bertz CT molecular complexity index is 1280. The van der Waals surface area contributed by atoms with E-state index in [1.807, 2.05) is 58.0 Å². The molecule has 4 unspecified atom stereocenters. The van der Waals surface area contributed by atoms with E-state index in [-0.39, 0.29) is 29.7 Å². The molecule has 2 aliphatic heterocycles. The number of epoxide rings is 1. The number of nitrogens with one attached hydrogen (secondary N) is 3. The number of benzene rings is 1. The molecular weight excluding hydrogens is 562 g/mol. The smallest absolute Gasteiger partial charge is 0.274 e. The Labute approximate surface area is 259 Å². The number of hydrogen-bond donors (Lipinski definition) is 3. The Morgan fingerprint density at radius 1 is 0.886 bits per heavy atom. The van der Waals surface area contributed by atoms with Gasteiger partial charge in [0.25, 0.3) is 5.91 Å². The topological polar surface area (TPSA) is 146 Å². The van der Waals surface area contributed by atoms with Crippen LogP contribution in [0.1, 0.15) is 82.1 Å². The summed E-state index contributed by atoms with van der Waals surface area (Å²) in [6.45, 7) is 12.5. The Balaban J connectivity index is 1.48. The lowest BCUT2D eigenvalue weighted by Crippen LogP contribution is -2.57. The zero-order chi connectivity index (χ0) is 31.9. The number of carbonyl (C=O) groups excluding carboxylic acids is 4. The fourth-order valence-electron chi connectivity index (χ4n) is 5.52. The van der Waals surface area contributed by atoms with E-state index in [0.29, 0.717) is 31.8 Å². The van der Waals surface area contributed by atoms with E-state index < -0.39 is 41.4 Å². The van der Waals surface area contributed by atoms with Crippen molar-refractivity contribution in [2.75, 3.05) is 19.7 Å². The van der Waals surface area contributed by atoms with Gasteiger partial charge < -0.3 is 25.2 Å². The molecule has 3 heterocycles. The largest absolute Gasteiger partial charge is 0.361 e. The monoisotopic (exact) mass is 609 g/mol. The molecule has 11 heteroatoms. The maximum atomic E-state index is 13.7. The first kappa shape index (κ1) is 33.3. The second-order valence-corrected chi connectivity index (χ2v) is 13.1. The average molecular weight is 610 g/mol. The summed E-state index contributed by atoms with van der Waals surface area (Å²) in [5.41, 5.74) is 0.0486. The zero-order valence-corrected chi connectivity index (χ0v) is 26.6. The zero-order valence-electron chi connectivity index (χ0n) is 26.6. The second kappa shape index (κ2) is 14.9. The minimum absolute atomic E-state index is 0.0721. The molecule has 44 heavy (non-hydrogen) atoms. The van der Waals surface area contributed by atoms with Crippen molar-refractivity contribution in [3.8, 4) is 0 Å². The van der Waals surface area contributed by atoms with Crippen molar-refractivity contribution in [3.63, 3.8) is 0 Å². The minimum Gasteiger partial charge on any atom is -0.361 e. The fourth-order valence-corrected chi connectivity index (χ4v) is 5.52. The highest BCUT2D eigenvalue weighted by Gasteiger charge is 2.50. The minimum atomic E-state index is -0.981. The van der Waals surface area contributed by atoms with Crippen molar-refractivity contribution >= 4 is 23.5 Å². The van der Waals surface area contributed by atoms with Crippen LogP contribution in [0.5, 0.6) is 0 Å². The molecule has 1 aromatic carbocycles. The van der Waals surface area contributed by atoms with Gasteiger partial charge in [-0.05, 0) is 63.1 Å². The van der Waals surface area contributed by atoms with Crippen LogP contribution in [0.15, 0.2) is 40.9 Å². The highest BCUT2D eigenvalue weighted by atomic mass is 16.6.